The average Bonchev–Trinajstić information content (AvgIpc) is 3.64. The van der Waals surface area contributed by atoms with Gasteiger partial charge in [-0.3, -0.25) is 0 Å². The van der Waals surface area contributed by atoms with E-state index in [1.807, 2.05) is 30.3 Å². The van der Waals surface area contributed by atoms with Crippen LogP contribution in [-0.2, 0) is 0 Å². The van der Waals surface area contributed by atoms with E-state index in [0.717, 1.165) is 60.5 Å². The molecule has 0 amide bonds. The van der Waals surface area contributed by atoms with E-state index in [0.29, 0.717) is 17.5 Å². The number of furan rings is 1. The fourth-order valence-electron chi connectivity index (χ4n) is 8.01. The minimum absolute atomic E-state index is 0.590. The summed E-state index contributed by atoms with van der Waals surface area (Å²) in [4.78, 5) is 15.7. The molecule has 256 valence electrons. The third-order valence-electron chi connectivity index (χ3n) is 10.7. The highest BCUT2D eigenvalue weighted by Crippen LogP contribution is 2.41. The topological polar surface area (TPSA) is 51.8 Å². The van der Waals surface area contributed by atoms with E-state index >= 15 is 0 Å². The molecular weight excluding hydrogens is 671 g/mol. The Morgan fingerprint density at radius 1 is 0.291 bits per heavy atom. The second kappa shape index (κ2) is 12.6. The van der Waals surface area contributed by atoms with E-state index in [2.05, 4.69) is 158 Å². The van der Waals surface area contributed by atoms with Gasteiger partial charge in [-0.25, -0.2) is 15.0 Å². The zero-order chi connectivity index (χ0) is 36.3. The summed E-state index contributed by atoms with van der Waals surface area (Å²) in [5.74, 6) is 1.81. The van der Waals surface area contributed by atoms with Crippen LogP contribution in [0.4, 0.5) is 0 Å². The average molecular weight is 702 g/mol. The highest BCUT2D eigenvalue weighted by Gasteiger charge is 2.20. The first kappa shape index (κ1) is 31.1. The molecule has 0 N–H and O–H groups in total. The Morgan fingerprint density at radius 3 is 1.73 bits per heavy atom. The fraction of sp³-hybridized carbons (Fsp3) is 0. The van der Waals surface area contributed by atoms with Crippen LogP contribution in [0, 0.1) is 0 Å². The van der Waals surface area contributed by atoms with Gasteiger partial charge in [-0.05, 0) is 91.0 Å². The van der Waals surface area contributed by atoms with Gasteiger partial charge in [0.15, 0.2) is 17.5 Å². The molecule has 0 atom stereocenters. The van der Waals surface area contributed by atoms with Gasteiger partial charge in [0.05, 0.1) is 0 Å². The second-order valence-electron chi connectivity index (χ2n) is 14.0. The SMILES string of the molecule is c1ccc(-c2nc(-c3ccc4cc(-c5ccccc5)c5ccccc5c4c3)nc(-c3cc(-c4ccc5ccccc5c4)cc4oc5ccccc5c34)n2)cc1. The maximum Gasteiger partial charge on any atom is 0.164 e. The quantitative estimate of drug-likeness (QED) is 0.168. The van der Waals surface area contributed by atoms with Crippen molar-refractivity contribution in [3.05, 3.63) is 188 Å². The van der Waals surface area contributed by atoms with Crippen LogP contribution in [0.1, 0.15) is 0 Å². The summed E-state index contributed by atoms with van der Waals surface area (Å²) in [6.07, 6.45) is 0. The number of aromatic nitrogens is 3. The van der Waals surface area contributed by atoms with Crippen molar-refractivity contribution < 1.29 is 4.42 Å². The molecule has 0 saturated carbocycles. The zero-order valence-electron chi connectivity index (χ0n) is 29.6. The third kappa shape index (κ3) is 5.34. The molecule has 4 heteroatoms. The van der Waals surface area contributed by atoms with Crippen LogP contribution in [0.2, 0.25) is 0 Å². The molecule has 9 aromatic carbocycles. The molecule has 0 radical (unpaired) electrons. The monoisotopic (exact) mass is 701 g/mol. The van der Waals surface area contributed by atoms with Crippen LogP contribution in [0.25, 0.3) is 111 Å². The van der Waals surface area contributed by atoms with Crippen molar-refractivity contribution in [2.45, 2.75) is 0 Å². The summed E-state index contributed by atoms with van der Waals surface area (Å²) in [7, 11) is 0. The summed E-state index contributed by atoms with van der Waals surface area (Å²) in [6.45, 7) is 0. The number of hydrogen-bond donors (Lipinski definition) is 0. The Bertz CT molecular complexity index is 3260. The molecule has 0 aliphatic carbocycles. The van der Waals surface area contributed by atoms with Gasteiger partial charge in [0.2, 0.25) is 0 Å². The van der Waals surface area contributed by atoms with Crippen molar-refractivity contribution >= 4 is 54.3 Å². The van der Waals surface area contributed by atoms with Gasteiger partial charge in [0.25, 0.3) is 0 Å². The maximum absolute atomic E-state index is 6.55. The van der Waals surface area contributed by atoms with E-state index in [1.54, 1.807) is 0 Å². The number of nitrogens with zero attached hydrogens (tertiary/aromatic N) is 3. The predicted octanol–water partition coefficient (Wildman–Crippen LogP) is 13.6. The number of hydrogen-bond acceptors (Lipinski definition) is 4. The van der Waals surface area contributed by atoms with Crippen LogP contribution in [0.3, 0.4) is 0 Å². The molecule has 0 aliphatic heterocycles. The Morgan fingerprint density at radius 2 is 0.909 bits per heavy atom. The smallest absolute Gasteiger partial charge is 0.164 e. The predicted molar refractivity (Wildman–Crippen MR) is 227 cm³/mol. The Hall–Kier alpha value is -7.43. The molecule has 0 aliphatic rings. The van der Waals surface area contributed by atoms with Crippen molar-refractivity contribution in [2.75, 3.05) is 0 Å². The first-order chi connectivity index (χ1) is 27.2. The van der Waals surface area contributed by atoms with Crippen molar-refractivity contribution in [1.29, 1.82) is 0 Å². The molecule has 0 fully saturated rings. The van der Waals surface area contributed by atoms with Gasteiger partial charge in [0.1, 0.15) is 11.2 Å². The van der Waals surface area contributed by atoms with Gasteiger partial charge in [-0.1, -0.05) is 152 Å². The summed E-state index contributed by atoms with van der Waals surface area (Å²) in [5.41, 5.74) is 8.88. The summed E-state index contributed by atoms with van der Waals surface area (Å²) >= 11 is 0. The molecule has 2 heterocycles. The molecule has 0 saturated heterocycles. The fourth-order valence-corrected chi connectivity index (χ4v) is 8.01. The van der Waals surface area contributed by atoms with Crippen molar-refractivity contribution in [3.8, 4) is 56.4 Å². The van der Waals surface area contributed by atoms with Crippen LogP contribution in [0.5, 0.6) is 0 Å². The molecule has 11 rings (SSSR count). The zero-order valence-corrected chi connectivity index (χ0v) is 29.6. The molecule has 11 aromatic rings. The van der Waals surface area contributed by atoms with Gasteiger partial charge >= 0.3 is 0 Å². The summed E-state index contributed by atoms with van der Waals surface area (Å²) < 4.78 is 6.55. The number of rotatable bonds is 5. The lowest BCUT2D eigenvalue weighted by atomic mass is 9.92. The van der Waals surface area contributed by atoms with Crippen LogP contribution in [0.15, 0.2) is 192 Å². The van der Waals surface area contributed by atoms with E-state index in [-0.39, 0.29) is 0 Å². The standard InChI is InChI=1S/C51H31N3O/c1-3-14-33(15-4-1)43-28-37-25-26-38(29-44(37)41-20-10-9-19-40(41)43)50-52-49(34-16-5-2-6-17-34)53-51(54-50)45-30-39(36-24-23-32-13-7-8-18-35(32)27-36)31-47-48(45)42-21-11-12-22-46(42)55-47/h1-31H. The first-order valence-electron chi connectivity index (χ1n) is 18.5. The van der Waals surface area contributed by atoms with E-state index in [1.165, 1.54) is 32.7 Å². The third-order valence-corrected chi connectivity index (χ3v) is 10.7. The Balaban J connectivity index is 1.16. The number of para-hydroxylation sites is 1. The molecule has 0 spiro atoms. The molecule has 0 unspecified atom stereocenters. The van der Waals surface area contributed by atoms with Crippen molar-refractivity contribution in [3.63, 3.8) is 0 Å². The van der Waals surface area contributed by atoms with E-state index < -0.39 is 0 Å². The highest BCUT2D eigenvalue weighted by atomic mass is 16.3. The molecular formula is C51H31N3O. The van der Waals surface area contributed by atoms with Gasteiger partial charge in [0, 0.05) is 27.5 Å². The molecule has 55 heavy (non-hydrogen) atoms. The van der Waals surface area contributed by atoms with Crippen molar-refractivity contribution in [1.82, 2.24) is 15.0 Å². The van der Waals surface area contributed by atoms with Gasteiger partial charge < -0.3 is 4.42 Å². The molecule has 0 bridgehead atoms. The van der Waals surface area contributed by atoms with Gasteiger partial charge in [-0.2, -0.15) is 0 Å². The lowest BCUT2D eigenvalue weighted by Gasteiger charge is -2.13. The lowest BCUT2D eigenvalue weighted by molar-refractivity contribution is 0.669. The van der Waals surface area contributed by atoms with E-state index in [4.69, 9.17) is 19.4 Å². The van der Waals surface area contributed by atoms with E-state index in [9.17, 15) is 0 Å². The summed E-state index contributed by atoms with van der Waals surface area (Å²) in [5, 5.41) is 9.09. The lowest BCUT2D eigenvalue weighted by Crippen LogP contribution is -2.01. The minimum atomic E-state index is 0.590. The minimum Gasteiger partial charge on any atom is -0.456 e. The normalized spacial score (nSPS) is 11.6. The highest BCUT2D eigenvalue weighted by molar-refractivity contribution is 6.15. The Kier molecular flexibility index (Phi) is 7.14. The summed E-state index contributed by atoms with van der Waals surface area (Å²) in [6, 6.07) is 65.8. The van der Waals surface area contributed by atoms with Crippen molar-refractivity contribution in [2.24, 2.45) is 0 Å². The number of fused-ring (bicyclic) bond motifs is 7. The number of benzene rings is 9. The maximum atomic E-state index is 6.55. The molecule has 4 nitrogen and oxygen atoms in total. The largest absolute Gasteiger partial charge is 0.456 e. The van der Waals surface area contributed by atoms with Crippen LogP contribution in [-0.4, -0.2) is 15.0 Å². The van der Waals surface area contributed by atoms with Crippen LogP contribution >= 0.6 is 0 Å². The second-order valence-corrected chi connectivity index (χ2v) is 14.0. The molecule has 2 aromatic heterocycles. The van der Waals surface area contributed by atoms with Gasteiger partial charge in [-0.15, -0.1) is 0 Å². The first-order valence-corrected chi connectivity index (χ1v) is 18.5. The Labute approximate surface area is 317 Å². The van der Waals surface area contributed by atoms with Crippen LogP contribution < -0.4 is 0 Å².